The molecule has 308 valence electrons. The van der Waals surface area contributed by atoms with Crippen molar-refractivity contribution < 1.29 is 32.8 Å². The molecule has 0 radical (unpaired) electrons. The van der Waals surface area contributed by atoms with Gasteiger partial charge in [-0.2, -0.15) is 0 Å². The fraction of sp³-hybridized carbons (Fsp3) is 0.750. The molecule has 0 spiro atoms. The van der Waals surface area contributed by atoms with Crippen LogP contribution in [-0.4, -0.2) is 49.9 Å². The Morgan fingerprint density at radius 3 is 1.60 bits per heavy atom. The molecule has 0 heterocycles. The number of phosphoric acid groups is 1. The molecular formula is C44H80NO7P. The lowest BCUT2D eigenvalue weighted by atomic mass is 10.1. The van der Waals surface area contributed by atoms with Crippen LogP contribution in [0.1, 0.15) is 174 Å². The van der Waals surface area contributed by atoms with Crippen LogP contribution in [0, 0.1) is 0 Å². The van der Waals surface area contributed by atoms with Crippen LogP contribution >= 0.6 is 7.82 Å². The van der Waals surface area contributed by atoms with Gasteiger partial charge in [0.1, 0.15) is 6.10 Å². The maximum Gasteiger partial charge on any atom is 0.472 e. The normalized spacial score (nSPS) is 14.1. The summed E-state index contributed by atoms with van der Waals surface area (Å²) in [6, 6.07) is 0. The molecule has 0 aliphatic heterocycles. The average molecular weight is 766 g/mol. The maximum atomic E-state index is 12.6. The van der Waals surface area contributed by atoms with Crippen molar-refractivity contribution in [2.45, 2.75) is 180 Å². The molecule has 0 aromatic carbocycles. The lowest BCUT2D eigenvalue weighted by molar-refractivity contribution is -0.154. The molecule has 2 atom stereocenters. The number of hydrogen-bond donors (Lipinski definition) is 2. The average Bonchev–Trinajstić information content (AvgIpc) is 3.15. The van der Waals surface area contributed by atoms with Gasteiger partial charge in [0.2, 0.25) is 0 Å². The summed E-state index contributed by atoms with van der Waals surface area (Å²) in [5.74, 6) is -0.348. The summed E-state index contributed by atoms with van der Waals surface area (Å²) >= 11 is 0. The van der Waals surface area contributed by atoms with E-state index in [2.05, 4.69) is 74.6 Å². The van der Waals surface area contributed by atoms with Crippen molar-refractivity contribution >= 4 is 13.8 Å². The minimum Gasteiger partial charge on any atom is -0.457 e. The van der Waals surface area contributed by atoms with E-state index in [1.165, 1.54) is 70.6 Å². The van der Waals surface area contributed by atoms with Crippen molar-refractivity contribution in [3.05, 3.63) is 60.8 Å². The van der Waals surface area contributed by atoms with Crippen molar-refractivity contribution in [1.29, 1.82) is 0 Å². The van der Waals surface area contributed by atoms with Crippen molar-refractivity contribution in [1.82, 2.24) is 0 Å². The quantitative estimate of drug-likeness (QED) is 0.0274. The molecule has 0 rings (SSSR count). The molecule has 2 unspecified atom stereocenters. The molecule has 9 heteroatoms. The molecule has 0 aromatic rings. The third-order valence-electron chi connectivity index (χ3n) is 8.67. The topological polar surface area (TPSA) is 117 Å². The molecule has 3 N–H and O–H groups in total. The van der Waals surface area contributed by atoms with Crippen molar-refractivity contribution in [3.8, 4) is 0 Å². The van der Waals surface area contributed by atoms with E-state index < -0.39 is 13.9 Å². The molecule has 0 aliphatic rings. The van der Waals surface area contributed by atoms with Gasteiger partial charge in [-0.15, -0.1) is 0 Å². The Kier molecular flexibility index (Phi) is 40.0. The third-order valence-corrected chi connectivity index (χ3v) is 9.65. The summed E-state index contributed by atoms with van der Waals surface area (Å²) in [6.07, 6.45) is 49.5. The van der Waals surface area contributed by atoms with Gasteiger partial charge in [0.25, 0.3) is 0 Å². The predicted molar refractivity (Wildman–Crippen MR) is 224 cm³/mol. The number of esters is 1. The number of phosphoric ester groups is 1. The number of unbranched alkanes of at least 4 members (excludes halogenated alkanes) is 17. The summed E-state index contributed by atoms with van der Waals surface area (Å²) in [7, 11) is -4.29. The standard InChI is InChI=1S/C44H80NO7P/c1-3-5-7-9-11-13-15-17-19-21-22-24-26-28-30-32-34-36-39-49-41-43(42-51-53(47,48)50-40-38-45)52-44(46)37-35-33-31-29-27-25-23-20-18-16-14-12-10-8-6-4-2/h5,7,11,13,17,19-20,22-24,43H,3-4,6,8-10,12,14-16,18,21,25-42,45H2,1-2H3,(H,47,48)/b7-5-,13-11-,19-17-,23-20-,24-22-. The van der Waals surface area contributed by atoms with E-state index in [1.54, 1.807) is 0 Å². The summed E-state index contributed by atoms with van der Waals surface area (Å²) in [6.45, 7) is 4.74. The highest BCUT2D eigenvalue weighted by molar-refractivity contribution is 7.47. The smallest absolute Gasteiger partial charge is 0.457 e. The van der Waals surface area contributed by atoms with E-state index in [9.17, 15) is 14.3 Å². The number of carbonyl (C=O) groups is 1. The molecule has 8 nitrogen and oxygen atoms in total. The van der Waals surface area contributed by atoms with Crippen LogP contribution in [0.4, 0.5) is 0 Å². The van der Waals surface area contributed by atoms with Crippen LogP contribution in [0.5, 0.6) is 0 Å². The summed E-state index contributed by atoms with van der Waals surface area (Å²) in [5.41, 5.74) is 5.36. The van der Waals surface area contributed by atoms with Gasteiger partial charge in [-0.05, 0) is 77.0 Å². The Balaban J connectivity index is 4.10. The number of allylic oxidation sites excluding steroid dienone is 10. The second kappa shape index (κ2) is 41.4. The first-order valence-electron chi connectivity index (χ1n) is 21.3. The van der Waals surface area contributed by atoms with Crippen molar-refractivity contribution in [2.24, 2.45) is 5.73 Å². The molecule has 0 fully saturated rings. The monoisotopic (exact) mass is 766 g/mol. The van der Waals surface area contributed by atoms with E-state index in [1.807, 2.05) is 0 Å². The molecule has 0 aromatic heterocycles. The largest absolute Gasteiger partial charge is 0.472 e. The lowest BCUT2D eigenvalue weighted by Gasteiger charge is -2.20. The molecule has 0 bridgehead atoms. The van der Waals surface area contributed by atoms with Gasteiger partial charge >= 0.3 is 13.8 Å². The fourth-order valence-corrected chi connectivity index (χ4v) is 6.33. The number of carbonyl (C=O) groups excluding carboxylic acids is 1. The van der Waals surface area contributed by atoms with Crippen LogP contribution in [0.3, 0.4) is 0 Å². The lowest BCUT2D eigenvalue weighted by Crippen LogP contribution is -2.28. The van der Waals surface area contributed by atoms with Gasteiger partial charge in [0.05, 0.1) is 19.8 Å². The Hall–Kier alpha value is -1.80. The zero-order valence-electron chi connectivity index (χ0n) is 34.0. The second-order valence-corrected chi connectivity index (χ2v) is 15.3. The fourth-order valence-electron chi connectivity index (χ4n) is 5.57. The second-order valence-electron chi connectivity index (χ2n) is 13.8. The van der Waals surface area contributed by atoms with Crippen molar-refractivity contribution in [2.75, 3.05) is 33.0 Å². The van der Waals surface area contributed by atoms with E-state index in [0.717, 1.165) is 83.5 Å². The van der Waals surface area contributed by atoms with Crippen molar-refractivity contribution in [3.63, 3.8) is 0 Å². The Labute approximate surface area is 325 Å². The molecule has 53 heavy (non-hydrogen) atoms. The van der Waals surface area contributed by atoms with Gasteiger partial charge in [-0.1, -0.05) is 152 Å². The van der Waals surface area contributed by atoms with Gasteiger partial charge in [-0.3, -0.25) is 13.8 Å². The van der Waals surface area contributed by atoms with E-state index in [-0.39, 0.29) is 32.3 Å². The highest BCUT2D eigenvalue weighted by atomic mass is 31.2. The van der Waals surface area contributed by atoms with Gasteiger partial charge < -0.3 is 20.1 Å². The first-order valence-corrected chi connectivity index (χ1v) is 22.8. The van der Waals surface area contributed by atoms with Gasteiger partial charge in [-0.25, -0.2) is 4.57 Å². The number of nitrogens with two attached hydrogens (primary N) is 1. The summed E-state index contributed by atoms with van der Waals surface area (Å²) in [5, 5.41) is 0. The predicted octanol–water partition coefficient (Wildman–Crippen LogP) is 12.6. The Morgan fingerprint density at radius 1 is 0.585 bits per heavy atom. The minimum absolute atomic E-state index is 0.0931. The first-order chi connectivity index (χ1) is 25.9. The molecular weight excluding hydrogens is 685 g/mol. The molecule has 0 saturated carbocycles. The van der Waals surface area contributed by atoms with Gasteiger partial charge in [0.15, 0.2) is 0 Å². The zero-order chi connectivity index (χ0) is 38.8. The first kappa shape index (κ1) is 51.2. The molecule has 0 aliphatic carbocycles. The maximum absolute atomic E-state index is 12.6. The summed E-state index contributed by atoms with van der Waals surface area (Å²) in [4.78, 5) is 22.5. The molecule has 0 saturated heterocycles. The highest BCUT2D eigenvalue weighted by Gasteiger charge is 2.25. The van der Waals surface area contributed by atoms with Crippen LogP contribution < -0.4 is 5.73 Å². The third kappa shape index (κ3) is 41.2. The van der Waals surface area contributed by atoms with Crippen LogP contribution in [-0.2, 0) is 27.9 Å². The van der Waals surface area contributed by atoms with Crippen LogP contribution in [0.2, 0.25) is 0 Å². The Bertz CT molecular complexity index is 994. The summed E-state index contributed by atoms with van der Waals surface area (Å²) < 4.78 is 33.4. The van der Waals surface area contributed by atoms with E-state index in [4.69, 9.17) is 24.3 Å². The Morgan fingerprint density at radius 2 is 1.06 bits per heavy atom. The van der Waals surface area contributed by atoms with E-state index in [0.29, 0.717) is 13.0 Å². The van der Waals surface area contributed by atoms with Crippen LogP contribution in [0.25, 0.3) is 0 Å². The number of ether oxygens (including phenoxy) is 2. The number of hydrogen-bond acceptors (Lipinski definition) is 7. The SMILES string of the molecule is CC/C=C\C/C=C\C/C=C\C/C=C\CCCCCCCOCC(COP(=O)(O)OCCN)OC(=O)CCCCCCC/C=C\CCCCCCCCC. The zero-order valence-corrected chi connectivity index (χ0v) is 34.9. The van der Waals surface area contributed by atoms with Gasteiger partial charge in [0, 0.05) is 19.6 Å². The van der Waals surface area contributed by atoms with E-state index >= 15 is 0 Å². The minimum atomic E-state index is -4.29. The molecule has 0 amide bonds. The van der Waals surface area contributed by atoms with Crippen LogP contribution in [0.15, 0.2) is 60.8 Å². The highest BCUT2D eigenvalue weighted by Crippen LogP contribution is 2.43. The number of rotatable bonds is 40.